The molecule has 0 aliphatic carbocycles. The van der Waals surface area contributed by atoms with Crippen LogP contribution in [0.15, 0.2) is 36.5 Å². The Morgan fingerprint density at radius 2 is 1.85 bits per heavy atom. The van der Waals surface area contributed by atoms with Gasteiger partial charge in [-0.1, -0.05) is 18.2 Å². The van der Waals surface area contributed by atoms with Crippen molar-refractivity contribution >= 4 is 10.9 Å². The average molecular weight is 268 g/mol. The minimum atomic E-state index is 0.344. The van der Waals surface area contributed by atoms with Crippen LogP contribution in [-0.4, -0.2) is 35.1 Å². The Kier molecular flexibility index (Phi) is 2.88. The summed E-state index contributed by atoms with van der Waals surface area (Å²) in [5, 5.41) is 1.15. The van der Waals surface area contributed by atoms with Crippen LogP contribution in [0.4, 0.5) is 0 Å². The minimum absolute atomic E-state index is 0.344. The zero-order chi connectivity index (χ0) is 13.5. The van der Waals surface area contributed by atoms with Gasteiger partial charge in [-0.05, 0) is 44.9 Å². The summed E-state index contributed by atoms with van der Waals surface area (Å²) in [6.07, 6.45) is 7.14. The number of benzene rings is 1. The van der Waals surface area contributed by atoms with E-state index in [0.717, 1.165) is 29.5 Å². The fourth-order valence-electron chi connectivity index (χ4n) is 3.81. The molecule has 3 heterocycles. The first kappa shape index (κ1) is 12.2. The highest BCUT2D eigenvalue weighted by Crippen LogP contribution is 2.36. The molecule has 20 heavy (non-hydrogen) atoms. The van der Waals surface area contributed by atoms with E-state index in [1.807, 2.05) is 12.3 Å². The molecule has 0 spiro atoms. The number of pyridine rings is 1. The molecule has 0 saturated carbocycles. The van der Waals surface area contributed by atoms with Crippen LogP contribution in [0, 0.1) is 0 Å². The van der Waals surface area contributed by atoms with Crippen LogP contribution < -0.4 is 4.74 Å². The molecule has 2 aliphatic rings. The quantitative estimate of drug-likeness (QED) is 0.836. The predicted molar refractivity (Wildman–Crippen MR) is 80.0 cm³/mol. The molecular formula is C17H20N2O. The molecule has 3 nitrogen and oxygen atoms in total. The summed E-state index contributed by atoms with van der Waals surface area (Å²) in [4.78, 5) is 7.02. The molecule has 3 heteroatoms. The van der Waals surface area contributed by atoms with E-state index >= 15 is 0 Å². The van der Waals surface area contributed by atoms with Gasteiger partial charge in [-0.15, -0.1) is 0 Å². The van der Waals surface area contributed by atoms with Crippen molar-refractivity contribution in [2.75, 3.05) is 7.05 Å². The Hall–Kier alpha value is -1.61. The smallest absolute Gasteiger partial charge is 0.145 e. The number of nitrogens with zero attached hydrogens (tertiary/aromatic N) is 2. The average Bonchev–Trinajstić information content (AvgIpc) is 2.70. The number of rotatable bonds is 2. The van der Waals surface area contributed by atoms with Gasteiger partial charge in [-0.2, -0.15) is 0 Å². The largest absolute Gasteiger partial charge is 0.488 e. The first-order chi connectivity index (χ1) is 9.81. The maximum atomic E-state index is 6.31. The summed E-state index contributed by atoms with van der Waals surface area (Å²) in [5.41, 5.74) is 0.987. The molecule has 2 fully saturated rings. The van der Waals surface area contributed by atoms with Gasteiger partial charge in [0.25, 0.3) is 0 Å². The van der Waals surface area contributed by atoms with E-state index in [2.05, 4.69) is 41.2 Å². The van der Waals surface area contributed by atoms with Gasteiger partial charge in [0.15, 0.2) is 0 Å². The zero-order valence-electron chi connectivity index (χ0n) is 11.8. The van der Waals surface area contributed by atoms with Gasteiger partial charge < -0.3 is 9.64 Å². The number of hydrogen-bond donors (Lipinski definition) is 0. The number of fused-ring (bicyclic) bond motifs is 3. The van der Waals surface area contributed by atoms with Crippen LogP contribution in [0.2, 0.25) is 0 Å². The standard InChI is InChI=1S/C17H20N2O/c1-19-13-7-8-14(19)11-15(10-13)20-16-6-2-4-12-5-3-9-18-17(12)16/h2-6,9,13-15H,7-8,10-11H2,1H3. The molecule has 2 unspecified atom stereocenters. The summed E-state index contributed by atoms with van der Waals surface area (Å²) < 4.78 is 6.31. The van der Waals surface area contributed by atoms with E-state index in [9.17, 15) is 0 Å². The van der Waals surface area contributed by atoms with E-state index < -0.39 is 0 Å². The van der Waals surface area contributed by atoms with Crippen molar-refractivity contribution in [3.8, 4) is 5.75 Å². The van der Waals surface area contributed by atoms with Crippen molar-refractivity contribution in [3.05, 3.63) is 36.5 Å². The minimum Gasteiger partial charge on any atom is -0.488 e. The molecule has 1 aromatic heterocycles. The fraction of sp³-hybridized carbons (Fsp3) is 0.471. The molecule has 104 valence electrons. The lowest BCUT2D eigenvalue weighted by Crippen LogP contribution is -2.43. The number of hydrogen-bond acceptors (Lipinski definition) is 3. The Bertz CT molecular complexity index is 608. The monoisotopic (exact) mass is 268 g/mol. The third kappa shape index (κ3) is 1.97. The van der Waals surface area contributed by atoms with Crippen molar-refractivity contribution in [3.63, 3.8) is 0 Å². The maximum absolute atomic E-state index is 6.31. The SMILES string of the molecule is CN1C2CCC1CC(Oc1cccc3cccnc13)C2. The van der Waals surface area contributed by atoms with Crippen molar-refractivity contribution in [2.24, 2.45) is 0 Å². The highest BCUT2D eigenvalue weighted by molar-refractivity contribution is 5.84. The maximum Gasteiger partial charge on any atom is 0.145 e. The molecule has 0 radical (unpaired) electrons. The topological polar surface area (TPSA) is 25.4 Å². The van der Waals surface area contributed by atoms with Gasteiger partial charge in [-0.25, -0.2) is 0 Å². The lowest BCUT2D eigenvalue weighted by atomic mass is 10.0. The van der Waals surface area contributed by atoms with Gasteiger partial charge in [0.2, 0.25) is 0 Å². The third-order valence-electron chi connectivity index (χ3n) is 4.94. The van der Waals surface area contributed by atoms with Gasteiger partial charge in [-0.3, -0.25) is 4.98 Å². The van der Waals surface area contributed by atoms with Crippen molar-refractivity contribution in [2.45, 2.75) is 43.9 Å². The first-order valence-corrected chi connectivity index (χ1v) is 7.53. The van der Waals surface area contributed by atoms with Gasteiger partial charge in [0.1, 0.15) is 17.4 Å². The van der Waals surface area contributed by atoms with E-state index in [1.54, 1.807) is 0 Å². The van der Waals surface area contributed by atoms with Crippen LogP contribution in [0.1, 0.15) is 25.7 Å². The summed E-state index contributed by atoms with van der Waals surface area (Å²) >= 11 is 0. The molecule has 2 aliphatic heterocycles. The van der Waals surface area contributed by atoms with Crippen LogP contribution in [0.25, 0.3) is 10.9 Å². The fourth-order valence-corrected chi connectivity index (χ4v) is 3.81. The molecular weight excluding hydrogens is 248 g/mol. The molecule has 2 saturated heterocycles. The van der Waals surface area contributed by atoms with Crippen molar-refractivity contribution < 1.29 is 4.74 Å². The Morgan fingerprint density at radius 1 is 1.10 bits per heavy atom. The van der Waals surface area contributed by atoms with Crippen LogP contribution in [0.5, 0.6) is 5.75 Å². The van der Waals surface area contributed by atoms with E-state index in [-0.39, 0.29) is 0 Å². The number of para-hydroxylation sites is 1. The summed E-state index contributed by atoms with van der Waals surface area (Å²) in [6, 6.07) is 11.7. The highest BCUT2D eigenvalue weighted by atomic mass is 16.5. The molecule has 1 aromatic carbocycles. The van der Waals surface area contributed by atoms with Crippen molar-refractivity contribution in [1.82, 2.24) is 9.88 Å². The van der Waals surface area contributed by atoms with Crippen LogP contribution in [0.3, 0.4) is 0 Å². The lowest BCUT2D eigenvalue weighted by Gasteiger charge is -2.36. The number of piperidine rings is 1. The molecule has 4 rings (SSSR count). The van der Waals surface area contributed by atoms with E-state index in [0.29, 0.717) is 18.2 Å². The summed E-state index contributed by atoms with van der Waals surface area (Å²) in [6.45, 7) is 0. The van der Waals surface area contributed by atoms with E-state index in [1.165, 1.54) is 12.8 Å². The lowest BCUT2D eigenvalue weighted by molar-refractivity contribution is 0.0670. The Labute approximate surface area is 119 Å². The van der Waals surface area contributed by atoms with Crippen LogP contribution in [-0.2, 0) is 0 Å². The molecule has 2 aromatic rings. The summed E-state index contributed by atoms with van der Waals surface area (Å²) in [5.74, 6) is 0.942. The summed E-state index contributed by atoms with van der Waals surface area (Å²) in [7, 11) is 2.26. The van der Waals surface area contributed by atoms with Crippen molar-refractivity contribution in [1.29, 1.82) is 0 Å². The normalized spacial score (nSPS) is 29.8. The Balaban J connectivity index is 1.59. The third-order valence-corrected chi connectivity index (χ3v) is 4.94. The van der Waals surface area contributed by atoms with Crippen LogP contribution >= 0.6 is 0 Å². The second-order valence-corrected chi connectivity index (χ2v) is 6.09. The van der Waals surface area contributed by atoms with Gasteiger partial charge >= 0.3 is 0 Å². The van der Waals surface area contributed by atoms with Gasteiger partial charge in [0.05, 0.1) is 0 Å². The molecule has 0 amide bonds. The Morgan fingerprint density at radius 3 is 2.65 bits per heavy atom. The first-order valence-electron chi connectivity index (χ1n) is 7.53. The van der Waals surface area contributed by atoms with E-state index in [4.69, 9.17) is 4.74 Å². The zero-order valence-corrected chi connectivity index (χ0v) is 11.8. The second-order valence-electron chi connectivity index (χ2n) is 6.09. The highest BCUT2D eigenvalue weighted by Gasteiger charge is 2.39. The molecule has 0 N–H and O–H groups in total. The molecule has 2 bridgehead atoms. The number of ether oxygens (including phenoxy) is 1. The predicted octanol–water partition coefficient (Wildman–Crippen LogP) is 3.24. The molecule has 2 atom stereocenters. The second kappa shape index (κ2) is 4.74. The number of aromatic nitrogens is 1. The van der Waals surface area contributed by atoms with Gasteiger partial charge in [0, 0.05) is 23.7 Å².